The van der Waals surface area contributed by atoms with Crippen LogP contribution in [0, 0.1) is 5.92 Å². The monoisotopic (exact) mass is 248 g/mol. The Labute approximate surface area is 106 Å². The second kappa shape index (κ2) is 4.68. The van der Waals surface area contributed by atoms with Crippen LogP contribution in [0.25, 0.3) is 0 Å². The van der Waals surface area contributed by atoms with E-state index in [1.807, 2.05) is 0 Å². The third kappa shape index (κ3) is 2.16. The van der Waals surface area contributed by atoms with Gasteiger partial charge in [0.25, 0.3) is 0 Å². The largest absolute Gasteiger partial charge is 0.495 e. The molecule has 2 rings (SSSR count). The summed E-state index contributed by atoms with van der Waals surface area (Å²) in [6.07, 6.45) is 0.296. The van der Waals surface area contributed by atoms with E-state index in [4.69, 9.17) is 10.5 Å². The van der Waals surface area contributed by atoms with Gasteiger partial charge >= 0.3 is 0 Å². The lowest BCUT2D eigenvalue weighted by Gasteiger charge is -2.15. The number of nitrogen functional groups attached to an aromatic ring is 1. The van der Waals surface area contributed by atoms with Gasteiger partial charge in [0.05, 0.1) is 19.3 Å². The minimum atomic E-state index is -0.215. The standard InChI is InChI=1S/C13H16N2O3/c1-8-5-12(16)15(13(8)17)7-9-3-4-11(18-2)10(14)6-9/h3-4,6,8H,5,7,14H2,1-2H3. The number of ether oxygens (including phenoxy) is 1. The number of methoxy groups -OCH3 is 1. The molecular formula is C13H16N2O3. The van der Waals surface area contributed by atoms with Crippen LogP contribution in [0.4, 0.5) is 5.69 Å². The van der Waals surface area contributed by atoms with Gasteiger partial charge in [0, 0.05) is 12.3 Å². The minimum absolute atomic E-state index is 0.116. The molecule has 0 aromatic heterocycles. The fraction of sp³-hybridized carbons (Fsp3) is 0.385. The molecule has 2 N–H and O–H groups in total. The number of rotatable bonds is 3. The van der Waals surface area contributed by atoms with Gasteiger partial charge in [0.1, 0.15) is 5.75 Å². The summed E-state index contributed by atoms with van der Waals surface area (Å²) in [6.45, 7) is 2.04. The highest BCUT2D eigenvalue weighted by molar-refractivity contribution is 6.03. The van der Waals surface area contributed by atoms with Crippen LogP contribution in [0.1, 0.15) is 18.9 Å². The maximum Gasteiger partial charge on any atom is 0.232 e. The molecule has 0 aliphatic carbocycles. The van der Waals surface area contributed by atoms with Gasteiger partial charge < -0.3 is 10.5 Å². The van der Waals surface area contributed by atoms with Crippen molar-refractivity contribution in [3.8, 4) is 5.75 Å². The third-order valence-electron chi connectivity index (χ3n) is 3.10. The van der Waals surface area contributed by atoms with Crippen molar-refractivity contribution in [2.45, 2.75) is 19.9 Å². The van der Waals surface area contributed by atoms with Crippen LogP contribution in [0.2, 0.25) is 0 Å². The number of hydrogen-bond donors (Lipinski definition) is 1. The second-order valence-electron chi connectivity index (χ2n) is 4.50. The fourth-order valence-electron chi connectivity index (χ4n) is 2.08. The molecular weight excluding hydrogens is 232 g/mol. The van der Waals surface area contributed by atoms with E-state index in [1.54, 1.807) is 32.2 Å². The highest BCUT2D eigenvalue weighted by Gasteiger charge is 2.35. The summed E-state index contributed by atoms with van der Waals surface area (Å²) in [5.41, 5.74) is 7.11. The normalized spacial score (nSPS) is 19.4. The summed E-state index contributed by atoms with van der Waals surface area (Å²) in [5.74, 6) is 0.135. The van der Waals surface area contributed by atoms with Crippen LogP contribution in [-0.4, -0.2) is 23.8 Å². The summed E-state index contributed by atoms with van der Waals surface area (Å²) < 4.78 is 5.06. The first-order chi connectivity index (χ1) is 8.52. The summed E-state index contributed by atoms with van der Waals surface area (Å²) in [7, 11) is 1.54. The number of nitrogens with zero attached hydrogens (tertiary/aromatic N) is 1. The Morgan fingerprint density at radius 2 is 2.17 bits per heavy atom. The Morgan fingerprint density at radius 3 is 2.67 bits per heavy atom. The number of imide groups is 1. The molecule has 0 radical (unpaired) electrons. The molecule has 0 spiro atoms. The van der Waals surface area contributed by atoms with Crippen molar-refractivity contribution < 1.29 is 14.3 Å². The predicted molar refractivity (Wildman–Crippen MR) is 66.7 cm³/mol. The number of carbonyl (C=O) groups excluding carboxylic acids is 2. The van der Waals surface area contributed by atoms with Crippen molar-refractivity contribution in [2.24, 2.45) is 5.92 Å². The van der Waals surface area contributed by atoms with Gasteiger partial charge in [0.15, 0.2) is 0 Å². The molecule has 1 unspecified atom stereocenters. The van der Waals surface area contributed by atoms with Gasteiger partial charge in [-0.25, -0.2) is 0 Å². The lowest BCUT2D eigenvalue weighted by molar-refractivity contribution is -0.139. The van der Waals surface area contributed by atoms with Crippen LogP contribution in [0.5, 0.6) is 5.75 Å². The zero-order valence-corrected chi connectivity index (χ0v) is 10.5. The van der Waals surface area contributed by atoms with E-state index in [-0.39, 0.29) is 24.3 Å². The highest BCUT2D eigenvalue weighted by Crippen LogP contribution is 2.25. The number of likely N-dealkylation sites (tertiary alicyclic amines) is 1. The number of benzene rings is 1. The minimum Gasteiger partial charge on any atom is -0.495 e. The van der Waals surface area contributed by atoms with E-state index in [2.05, 4.69) is 0 Å². The van der Waals surface area contributed by atoms with Crippen LogP contribution in [-0.2, 0) is 16.1 Å². The smallest absolute Gasteiger partial charge is 0.232 e. The summed E-state index contributed by atoms with van der Waals surface area (Å²) in [4.78, 5) is 24.7. The summed E-state index contributed by atoms with van der Waals surface area (Å²) in [6, 6.07) is 5.26. The molecule has 18 heavy (non-hydrogen) atoms. The molecule has 1 fully saturated rings. The molecule has 5 nitrogen and oxygen atoms in total. The van der Waals surface area contributed by atoms with E-state index in [0.717, 1.165) is 5.56 Å². The topological polar surface area (TPSA) is 72.6 Å². The molecule has 2 amide bonds. The van der Waals surface area contributed by atoms with Crippen molar-refractivity contribution in [3.05, 3.63) is 23.8 Å². The molecule has 1 aliphatic rings. The van der Waals surface area contributed by atoms with Gasteiger partial charge in [-0.1, -0.05) is 13.0 Å². The Hall–Kier alpha value is -2.04. The van der Waals surface area contributed by atoms with Gasteiger partial charge in [0.2, 0.25) is 11.8 Å². The van der Waals surface area contributed by atoms with Gasteiger partial charge in [-0.15, -0.1) is 0 Å². The molecule has 1 heterocycles. The predicted octanol–water partition coefficient (Wildman–Crippen LogP) is 1.17. The molecule has 96 valence electrons. The molecule has 1 saturated heterocycles. The molecule has 1 aliphatic heterocycles. The van der Waals surface area contributed by atoms with Gasteiger partial charge in [-0.2, -0.15) is 0 Å². The van der Waals surface area contributed by atoms with Gasteiger partial charge in [-0.05, 0) is 17.7 Å². The second-order valence-corrected chi connectivity index (χ2v) is 4.50. The van der Waals surface area contributed by atoms with Crippen molar-refractivity contribution in [3.63, 3.8) is 0 Å². The van der Waals surface area contributed by atoms with Crippen molar-refractivity contribution in [1.82, 2.24) is 4.90 Å². The number of anilines is 1. The number of nitrogens with two attached hydrogens (primary N) is 1. The number of carbonyl (C=O) groups is 2. The first kappa shape index (κ1) is 12.4. The van der Waals surface area contributed by atoms with E-state index in [0.29, 0.717) is 17.9 Å². The first-order valence-corrected chi connectivity index (χ1v) is 5.79. The summed E-state index contributed by atoms with van der Waals surface area (Å²) >= 11 is 0. The van der Waals surface area contributed by atoms with Crippen molar-refractivity contribution in [2.75, 3.05) is 12.8 Å². The Morgan fingerprint density at radius 1 is 1.44 bits per heavy atom. The molecule has 0 bridgehead atoms. The molecule has 1 aromatic carbocycles. The maximum atomic E-state index is 11.8. The zero-order valence-electron chi connectivity index (χ0n) is 10.5. The quantitative estimate of drug-likeness (QED) is 0.643. The van der Waals surface area contributed by atoms with E-state index < -0.39 is 0 Å². The average molecular weight is 248 g/mol. The lowest BCUT2D eigenvalue weighted by Crippen LogP contribution is -2.29. The Bertz CT molecular complexity index is 499. The number of hydrogen-bond acceptors (Lipinski definition) is 4. The van der Waals surface area contributed by atoms with E-state index in [9.17, 15) is 9.59 Å². The van der Waals surface area contributed by atoms with Gasteiger partial charge in [-0.3, -0.25) is 14.5 Å². The Kier molecular flexibility index (Phi) is 3.23. The van der Waals surface area contributed by atoms with Crippen molar-refractivity contribution >= 4 is 17.5 Å². The molecule has 5 heteroatoms. The average Bonchev–Trinajstić information content (AvgIpc) is 2.56. The zero-order chi connectivity index (χ0) is 13.3. The first-order valence-electron chi connectivity index (χ1n) is 5.79. The summed E-state index contributed by atoms with van der Waals surface area (Å²) in [5, 5.41) is 0. The number of amides is 2. The fourth-order valence-corrected chi connectivity index (χ4v) is 2.08. The Balaban J connectivity index is 2.17. The van der Waals surface area contributed by atoms with E-state index in [1.165, 1.54) is 4.90 Å². The van der Waals surface area contributed by atoms with E-state index >= 15 is 0 Å². The molecule has 0 saturated carbocycles. The third-order valence-corrected chi connectivity index (χ3v) is 3.10. The van der Waals surface area contributed by atoms with Crippen molar-refractivity contribution in [1.29, 1.82) is 0 Å². The SMILES string of the molecule is COc1ccc(CN2C(=O)CC(C)C2=O)cc1N. The van der Waals surface area contributed by atoms with Crippen LogP contribution in [0.3, 0.4) is 0 Å². The van der Waals surface area contributed by atoms with Crippen LogP contribution >= 0.6 is 0 Å². The van der Waals surface area contributed by atoms with Crippen LogP contribution < -0.4 is 10.5 Å². The highest BCUT2D eigenvalue weighted by atomic mass is 16.5. The molecule has 1 aromatic rings. The lowest BCUT2D eigenvalue weighted by atomic mass is 10.1. The maximum absolute atomic E-state index is 11.8. The van der Waals surface area contributed by atoms with Crippen LogP contribution in [0.15, 0.2) is 18.2 Å². The molecule has 1 atom stereocenters.